The molecule has 0 amide bonds. The van der Waals surface area contributed by atoms with Crippen LogP contribution in [0.5, 0.6) is 0 Å². The van der Waals surface area contributed by atoms with Gasteiger partial charge in [-0.05, 0) is 37.6 Å². The number of nitrogens with zero attached hydrogens (tertiary/aromatic N) is 1. The van der Waals surface area contributed by atoms with Crippen LogP contribution in [-0.4, -0.2) is 35.7 Å². The smallest absolute Gasteiger partial charge is 0.127 e. The molecule has 0 aliphatic carbocycles. The second-order valence-electron chi connectivity index (χ2n) is 4.94. The van der Waals surface area contributed by atoms with Crippen molar-refractivity contribution in [3.8, 4) is 0 Å². The van der Waals surface area contributed by atoms with Crippen LogP contribution in [0.1, 0.15) is 18.4 Å². The van der Waals surface area contributed by atoms with E-state index < -0.39 is 5.60 Å². The third-order valence-corrected chi connectivity index (χ3v) is 3.95. The first kappa shape index (κ1) is 13.0. The molecule has 0 saturated carbocycles. The summed E-state index contributed by atoms with van der Waals surface area (Å²) in [6.07, 6.45) is 1.82. The Morgan fingerprint density at radius 2 is 2.06 bits per heavy atom. The Morgan fingerprint density at radius 1 is 1.41 bits per heavy atom. The Labute approximate surface area is 110 Å². The quantitative estimate of drug-likeness (QED) is 0.908. The molecule has 17 heavy (non-hydrogen) atoms. The first-order valence-corrected chi connectivity index (χ1v) is 6.63. The monoisotopic (exact) mass is 301 g/mol. The SMILES string of the molecule is CN1CCC(O)(Cc2ccc(Br)cc2F)CC1. The number of hydrogen-bond acceptors (Lipinski definition) is 2. The largest absolute Gasteiger partial charge is 0.389 e. The van der Waals surface area contributed by atoms with E-state index in [2.05, 4.69) is 20.8 Å². The molecule has 1 fully saturated rings. The Kier molecular flexibility index (Phi) is 3.85. The van der Waals surface area contributed by atoms with Crippen LogP contribution in [0, 0.1) is 5.82 Å². The average Bonchev–Trinajstić information content (AvgIpc) is 2.27. The van der Waals surface area contributed by atoms with Gasteiger partial charge in [-0.2, -0.15) is 0 Å². The van der Waals surface area contributed by atoms with E-state index >= 15 is 0 Å². The molecule has 1 aromatic carbocycles. The van der Waals surface area contributed by atoms with Crippen molar-refractivity contribution in [2.75, 3.05) is 20.1 Å². The maximum absolute atomic E-state index is 13.7. The number of benzene rings is 1. The molecule has 0 unspecified atom stereocenters. The van der Waals surface area contributed by atoms with Gasteiger partial charge in [0.1, 0.15) is 5.82 Å². The van der Waals surface area contributed by atoms with Gasteiger partial charge in [-0.25, -0.2) is 4.39 Å². The minimum Gasteiger partial charge on any atom is -0.389 e. The second-order valence-corrected chi connectivity index (χ2v) is 5.86. The molecule has 1 saturated heterocycles. The van der Waals surface area contributed by atoms with Crippen molar-refractivity contribution in [2.45, 2.75) is 24.9 Å². The molecule has 1 N–H and O–H groups in total. The molecular weight excluding hydrogens is 285 g/mol. The predicted molar refractivity (Wildman–Crippen MR) is 69.5 cm³/mol. The van der Waals surface area contributed by atoms with Crippen molar-refractivity contribution in [1.29, 1.82) is 0 Å². The lowest BCUT2D eigenvalue weighted by Crippen LogP contribution is -2.44. The predicted octanol–water partition coefficient (Wildman–Crippen LogP) is 2.59. The van der Waals surface area contributed by atoms with E-state index in [-0.39, 0.29) is 5.82 Å². The highest BCUT2D eigenvalue weighted by Gasteiger charge is 2.31. The normalized spacial score (nSPS) is 20.5. The summed E-state index contributed by atoms with van der Waals surface area (Å²) in [5, 5.41) is 10.4. The number of aliphatic hydroxyl groups is 1. The Bertz CT molecular complexity index is 402. The van der Waals surface area contributed by atoms with E-state index in [9.17, 15) is 9.50 Å². The highest BCUT2D eigenvalue weighted by atomic mass is 79.9. The van der Waals surface area contributed by atoms with Gasteiger partial charge in [0.25, 0.3) is 0 Å². The van der Waals surface area contributed by atoms with Crippen LogP contribution in [0.2, 0.25) is 0 Å². The van der Waals surface area contributed by atoms with Gasteiger partial charge in [0, 0.05) is 24.0 Å². The maximum atomic E-state index is 13.7. The molecule has 2 rings (SSSR count). The summed E-state index contributed by atoms with van der Waals surface area (Å²) < 4.78 is 14.4. The highest BCUT2D eigenvalue weighted by Crippen LogP contribution is 2.27. The zero-order valence-corrected chi connectivity index (χ0v) is 11.5. The topological polar surface area (TPSA) is 23.5 Å². The molecule has 4 heteroatoms. The Balaban J connectivity index is 2.09. The summed E-state index contributed by atoms with van der Waals surface area (Å²) in [5.74, 6) is -0.244. The van der Waals surface area contributed by atoms with E-state index in [0.29, 0.717) is 24.8 Å². The van der Waals surface area contributed by atoms with Crippen LogP contribution < -0.4 is 0 Å². The number of likely N-dealkylation sites (tertiary alicyclic amines) is 1. The van der Waals surface area contributed by atoms with E-state index in [4.69, 9.17) is 0 Å². The molecule has 1 aliphatic heterocycles. The van der Waals surface area contributed by atoms with Crippen LogP contribution in [0.3, 0.4) is 0 Å². The lowest BCUT2D eigenvalue weighted by Gasteiger charge is -2.36. The molecule has 0 radical (unpaired) electrons. The van der Waals surface area contributed by atoms with Gasteiger partial charge in [0.2, 0.25) is 0 Å². The first-order chi connectivity index (χ1) is 7.98. The van der Waals surface area contributed by atoms with Crippen LogP contribution >= 0.6 is 15.9 Å². The Hall–Kier alpha value is -0.450. The van der Waals surface area contributed by atoms with Crippen molar-refractivity contribution < 1.29 is 9.50 Å². The van der Waals surface area contributed by atoms with Gasteiger partial charge in [0.15, 0.2) is 0 Å². The summed E-state index contributed by atoms with van der Waals surface area (Å²) in [4.78, 5) is 2.19. The summed E-state index contributed by atoms with van der Waals surface area (Å²) in [7, 11) is 2.04. The highest BCUT2D eigenvalue weighted by molar-refractivity contribution is 9.10. The molecule has 0 spiro atoms. The average molecular weight is 302 g/mol. The van der Waals surface area contributed by atoms with E-state index in [1.165, 1.54) is 6.07 Å². The molecular formula is C13H17BrFNO. The fourth-order valence-corrected chi connectivity index (χ4v) is 2.56. The third kappa shape index (κ3) is 3.27. The first-order valence-electron chi connectivity index (χ1n) is 5.83. The van der Waals surface area contributed by atoms with Gasteiger partial charge in [-0.15, -0.1) is 0 Å². The number of hydrogen-bond donors (Lipinski definition) is 1. The minimum absolute atomic E-state index is 0.244. The maximum Gasteiger partial charge on any atom is 0.127 e. The zero-order chi connectivity index (χ0) is 12.5. The lowest BCUT2D eigenvalue weighted by atomic mass is 9.85. The zero-order valence-electron chi connectivity index (χ0n) is 9.92. The minimum atomic E-state index is -0.749. The molecule has 1 heterocycles. The van der Waals surface area contributed by atoms with Gasteiger partial charge >= 0.3 is 0 Å². The fourth-order valence-electron chi connectivity index (χ4n) is 2.23. The van der Waals surface area contributed by atoms with E-state index in [1.54, 1.807) is 6.07 Å². The second kappa shape index (κ2) is 5.04. The van der Waals surface area contributed by atoms with E-state index in [1.807, 2.05) is 13.1 Å². The van der Waals surface area contributed by atoms with Crippen LogP contribution in [-0.2, 0) is 6.42 Å². The van der Waals surface area contributed by atoms with Crippen molar-refractivity contribution in [2.24, 2.45) is 0 Å². The molecule has 1 aromatic rings. The van der Waals surface area contributed by atoms with Crippen molar-refractivity contribution in [3.63, 3.8) is 0 Å². The van der Waals surface area contributed by atoms with Crippen molar-refractivity contribution in [3.05, 3.63) is 34.1 Å². The third-order valence-electron chi connectivity index (χ3n) is 3.45. The van der Waals surface area contributed by atoms with Crippen LogP contribution in [0.4, 0.5) is 4.39 Å². The van der Waals surface area contributed by atoms with Gasteiger partial charge < -0.3 is 10.0 Å². The standard InChI is InChI=1S/C13H17BrFNO/c1-16-6-4-13(17,5-7-16)9-10-2-3-11(14)8-12(10)15/h2-3,8,17H,4-7,9H2,1H3. The summed E-state index contributed by atoms with van der Waals surface area (Å²) >= 11 is 3.23. The molecule has 1 aliphatic rings. The molecule has 94 valence electrons. The Morgan fingerprint density at radius 3 is 2.65 bits per heavy atom. The van der Waals surface area contributed by atoms with Gasteiger partial charge in [-0.1, -0.05) is 22.0 Å². The summed E-state index contributed by atoms with van der Waals surface area (Å²) in [6, 6.07) is 5.01. The number of halogens is 2. The van der Waals surface area contributed by atoms with Crippen LogP contribution in [0.15, 0.2) is 22.7 Å². The van der Waals surface area contributed by atoms with Gasteiger partial charge in [-0.3, -0.25) is 0 Å². The fraction of sp³-hybridized carbons (Fsp3) is 0.538. The van der Waals surface area contributed by atoms with Crippen LogP contribution in [0.25, 0.3) is 0 Å². The van der Waals surface area contributed by atoms with E-state index in [0.717, 1.165) is 17.6 Å². The lowest BCUT2D eigenvalue weighted by molar-refractivity contribution is -0.0156. The summed E-state index contributed by atoms with van der Waals surface area (Å²) in [5.41, 5.74) is -0.151. The molecule has 0 aromatic heterocycles. The number of piperidine rings is 1. The van der Waals surface area contributed by atoms with Crippen molar-refractivity contribution in [1.82, 2.24) is 4.90 Å². The summed E-state index contributed by atoms with van der Waals surface area (Å²) in [6.45, 7) is 1.74. The van der Waals surface area contributed by atoms with Crippen molar-refractivity contribution >= 4 is 15.9 Å². The molecule has 2 nitrogen and oxygen atoms in total. The van der Waals surface area contributed by atoms with Gasteiger partial charge in [0.05, 0.1) is 5.60 Å². The number of rotatable bonds is 2. The molecule has 0 atom stereocenters. The molecule has 0 bridgehead atoms.